The Morgan fingerprint density at radius 2 is 2.19 bits per heavy atom. The lowest BCUT2D eigenvalue weighted by Gasteiger charge is -2.18. The van der Waals surface area contributed by atoms with E-state index < -0.39 is 6.04 Å². The number of nitrogens with one attached hydrogen (secondary N) is 1. The van der Waals surface area contributed by atoms with Crippen LogP contribution in [0.3, 0.4) is 0 Å². The smallest absolute Gasteiger partial charge is 0.263 e. The van der Waals surface area contributed by atoms with Gasteiger partial charge in [0.25, 0.3) is 5.56 Å². The molecule has 0 radical (unpaired) electrons. The molecule has 5 nitrogen and oxygen atoms in total. The van der Waals surface area contributed by atoms with E-state index >= 15 is 0 Å². The van der Waals surface area contributed by atoms with E-state index in [4.69, 9.17) is 11.6 Å². The van der Waals surface area contributed by atoms with E-state index in [1.807, 2.05) is 0 Å². The highest BCUT2D eigenvalue weighted by atomic mass is 35.5. The lowest BCUT2D eigenvalue weighted by Crippen LogP contribution is -2.32. The summed E-state index contributed by atoms with van der Waals surface area (Å²) < 4.78 is 1.42. The maximum absolute atomic E-state index is 13.1. The SMILES string of the molecule is C[C@@H]1CCc2c(sc3ncn([C@@H](C)C(=O)Nc4ccccc4Cl)c(=O)c23)C1. The van der Waals surface area contributed by atoms with Gasteiger partial charge in [-0.25, -0.2) is 4.98 Å². The zero-order valence-corrected chi connectivity index (χ0v) is 16.7. The fourth-order valence-electron chi connectivity index (χ4n) is 3.55. The number of rotatable bonds is 3. The lowest BCUT2D eigenvalue weighted by molar-refractivity contribution is -0.118. The summed E-state index contributed by atoms with van der Waals surface area (Å²) in [6.07, 6.45) is 4.46. The molecule has 2 aromatic heterocycles. The Hall–Kier alpha value is -2.18. The van der Waals surface area contributed by atoms with Crippen LogP contribution in [-0.2, 0) is 17.6 Å². The topological polar surface area (TPSA) is 64.0 Å². The standard InChI is InChI=1S/C20H20ClN3O2S/c1-11-7-8-13-16(9-11)27-19-17(13)20(26)24(10-22-19)12(2)18(25)23-15-6-4-3-5-14(15)21/h3-6,10-12H,7-9H2,1-2H3,(H,23,25)/t11-,12+/m1/s1. The van der Waals surface area contributed by atoms with Crippen molar-refractivity contribution < 1.29 is 4.79 Å². The summed E-state index contributed by atoms with van der Waals surface area (Å²) in [6.45, 7) is 3.93. The van der Waals surface area contributed by atoms with Crippen LogP contribution < -0.4 is 10.9 Å². The van der Waals surface area contributed by atoms with E-state index in [0.29, 0.717) is 22.0 Å². The number of carbonyl (C=O) groups excluding carboxylic acids is 1. The van der Waals surface area contributed by atoms with E-state index in [1.165, 1.54) is 15.8 Å². The van der Waals surface area contributed by atoms with Gasteiger partial charge in [-0.3, -0.25) is 14.2 Å². The molecule has 1 aromatic carbocycles. The lowest BCUT2D eigenvalue weighted by atomic mass is 9.89. The first-order chi connectivity index (χ1) is 13.0. The number of aryl methyl sites for hydroxylation is 1. The first kappa shape index (κ1) is 18.2. The molecular formula is C20H20ClN3O2S. The number of anilines is 1. The highest BCUT2D eigenvalue weighted by Crippen LogP contribution is 2.35. The molecule has 1 aliphatic rings. The fraction of sp³-hybridized carbons (Fsp3) is 0.350. The van der Waals surface area contributed by atoms with Crippen molar-refractivity contribution in [1.29, 1.82) is 0 Å². The monoisotopic (exact) mass is 401 g/mol. The first-order valence-corrected chi connectivity index (χ1v) is 10.2. The summed E-state index contributed by atoms with van der Waals surface area (Å²) in [5, 5.41) is 3.93. The van der Waals surface area contributed by atoms with Crippen molar-refractivity contribution in [2.45, 2.75) is 39.2 Å². The van der Waals surface area contributed by atoms with Crippen LogP contribution in [0.15, 0.2) is 35.4 Å². The number of para-hydroxylation sites is 1. The van der Waals surface area contributed by atoms with E-state index in [-0.39, 0.29) is 11.5 Å². The minimum Gasteiger partial charge on any atom is -0.323 e. The van der Waals surface area contributed by atoms with Crippen LogP contribution in [0.2, 0.25) is 5.02 Å². The molecule has 0 spiro atoms. The molecule has 27 heavy (non-hydrogen) atoms. The Kier molecular flexibility index (Phi) is 4.78. The number of hydrogen-bond donors (Lipinski definition) is 1. The largest absolute Gasteiger partial charge is 0.323 e. The maximum Gasteiger partial charge on any atom is 0.263 e. The van der Waals surface area contributed by atoms with Crippen molar-refractivity contribution in [3.63, 3.8) is 0 Å². The van der Waals surface area contributed by atoms with E-state index in [9.17, 15) is 9.59 Å². The quantitative estimate of drug-likeness (QED) is 0.705. The summed E-state index contributed by atoms with van der Waals surface area (Å²) in [6, 6.07) is 6.34. The summed E-state index contributed by atoms with van der Waals surface area (Å²) in [5.41, 5.74) is 1.51. The van der Waals surface area contributed by atoms with Crippen LogP contribution in [0.1, 0.15) is 36.8 Å². The van der Waals surface area contributed by atoms with E-state index in [2.05, 4.69) is 17.2 Å². The molecule has 140 valence electrons. The van der Waals surface area contributed by atoms with Gasteiger partial charge in [0.1, 0.15) is 10.9 Å². The highest BCUT2D eigenvalue weighted by Gasteiger charge is 2.25. The van der Waals surface area contributed by atoms with Crippen LogP contribution in [0, 0.1) is 5.92 Å². The number of thiophene rings is 1. The third-order valence-electron chi connectivity index (χ3n) is 5.17. The number of carbonyl (C=O) groups is 1. The van der Waals surface area contributed by atoms with Gasteiger partial charge in [-0.2, -0.15) is 0 Å². The summed E-state index contributed by atoms with van der Waals surface area (Å²) in [7, 11) is 0. The van der Waals surface area contributed by atoms with Crippen molar-refractivity contribution in [2.75, 3.05) is 5.32 Å². The van der Waals surface area contributed by atoms with Gasteiger partial charge in [-0.1, -0.05) is 30.7 Å². The van der Waals surface area contributed by atoms with Crippen LogP contribution in [-0.4, -0.2) is 15.5 Å². The fourth-order valence-corrected chi connectivity index (χ4v) is 5.07. The normalized spacial score (nSPS) is 17.5. The van der Waals surface area contributed by atoms with Gasteiger partial charge in [-0.15, -0.1) is 11.3 Å². The molecule has 4 rings (SSSR count). The Morgan fingerprint density at radius 3 is 2.96 bits per heavy atom. The predicted octanol–water partition coefficient (Wildman–Crippen LogP) is 4.44. The zero-order valence-electron chi connectivity index (χ0n) is 15.2. The summed E-state index contributed by atoms with van der Waals surface area (Å²) in [4.78, 5) is 32.3. The van der Waals surface area contributed by atoms with Gasteiger partial charge in [0, 0.05) is 4.88 Å². The maximum atomic E-state index is 13.1. The number of amides is 1. The van der Waals surface area contributed by atoms with Crippen molar-refractivity contribution >= 4 is 44.7 Å². The van der Waals surface area contributed by atoms with E-state index in [0.717, 1.165) is 29.7 Å². The highest BCUT2D eigenvalue weighted by molar-refractivity contribution is 7.18. The average molecular weight is 402 g/mol. The number of benzene rings is 1. The Bertz CT molecular complexity index is 1090. The van der Waals surface area contributed by atoms with Crippen LogP contribution in [0.5, 0.6) is 0 Å². The molecule has 1 amide bonds. The Balaban J connectivity index is 1.69. The van der Waals surface area contributed by atoms with Gasteiger partial charge in [0.2, 0.25) is 5.91 Å². The second-order valence-corrected chi connectivity index (χ2v) is 8.62. The number of halogens is 1. The second-order valence-electron chi connectivity index (χ2n) is 7.13. The number of aromatic nitrogens is 2. The van der Waals surface area contributed by atoms with Gasteiger partial charge in [0.05, 0.1) is 22.4 Å². The first-order valence-electron chi connectivity index (χ1n) is 9.02. The second kappa shape index (κ2) is 7.09. The summed E-state index contributed by atoms with van der Waals surface area (Å²) in [5.74, 6) is 0.331. The molecule has 2 atom stereocenters. The molecule has 0 fully saturated rings. The third-order valence-corrected chi connectivity index (χ3v) is 6.66. The average Bonchev–Trinajstić information content (AvgIpc) is 3.01. The van der Waals surface area contributed by atoms with Gasteiger partial charge in [-0.05, 0) is 49.8 Å². The molecule has 1 N–H and O–H groups in total. The molecule has 0 unspecified atom stereocenters. The molecule has 0 saturated heterocycles. The molecule has 7 heteroatoms. The third kappa shape index (κ3) is 3.28. The Labute approximate surface area is 166 Å². The Morgan fingerprint density at radius 1 is 1.41 bits per heavy atom. The number of hydrogen-bond acceptors (Lipinski definition) is 4. The van der Waals surface area contributed by atoms with Gasteiger partial charge >= 0.3 is 0 Å². The molecule has 2 heterocycles. The van der Waals surface area contributed by atoms with Crippen molar-refractivity contribution in [2.24, 2.45) is 5.92 Å². The van der Waals surface area contributed by atoms with Crippen molar-refractivity contribution in [3.05, 3.63) is 56.4 Å². The molecule has 0 saturated carbocycles. The molecular weight excluding hydrogens is 382 g/mol. The minimum atomic E-state index is -0.691. The minimum absolute atomic E-state index is 0.145. The molecule has 0 aliphatic heterocycles. The zero-order chi connectivity index (χ0) is 19.1. The molecule has 1 aliphatic carbocycles. The number of nitrogens with zero attached hydrogens (tertiary/aromatic N) is 2. The van der Waals surface area contributed by atoms with Crippen molar-refractivity contribution in [3.8, 4) is 0 Å². The van der Waals surface area contributed by atoms with E-state index in [1.54, 1.807) is 42.5 Å². The van der Waals surface area contributed by atoms with Gasteiger partial charge in [0.15, 0.2) is 0 Å². The molecule has 0 bridgehead atoms. The van der Waals surface area contributed by atoms with Crippen LogP contribution >= 0.6 is 22.9 Å². The summed E-state index contributed by atoms with van der Waals surface area (Å²) >= 11 is 7.72. The van der Waals surface area contributed by atoms with Crippen LogP contribution in [0.4, 0.5) is 5.69 Å². The number of fused-ring (bicyclic) bond motifs is 3. The predicted molar refractivity (Wildman–Crippen MR) is 110 cm³/mol. The van der Waals surface area contributed by atoms with Crippen LogP contribution in [0.25, 0.3) is 10.2 Å². The molecule has 3 aromatic rings. The van der Waals surface area contributed by atoms with Crippen molar-refractivity contribution in [1.82, 2.24) is 9.55 Å². The van der Waals surface area contributed by atoms with Gasteiger partial charge < -0.3 is 5.32 Å².